The summed E-state index contributed by atoms with van der Waals surface area (Å²) in [5.41, 5.74) is 1.14. The number of hydrogen-bond donors (Lipinski definition) is 1. The second-order valence-electron chi connectivity index (χ2n) is 6.07. The highest BCUT2D eigenvalue weighted by Gasteiger charge is 2.19. The predicted octanol–water partition coefficient (Wildman–Crippen LogP) is 2.07. The molecule has 0 saturated carbocycles. The number of aromatic nitrogens is 3. The molecule has 7 heteroatoms. The zero-order valence-electron chi connectivity index (χ0n) is 14.4. The summed E-state index contributed by atoms with van der Waals surface area (Å²) in [7, 11) is 1.63. The largest absolute Gasteiger partial charge is 0.493 e. The van der Waals surface area contributed by atoms with E-state index in [0.29, 0.717) is 31.2 Å². The molecular weight excluding hydrogens is 318 g/mol. The van der Waals surface area contributed by atoms with Crippen molar-refractivity contribution < 1.29 is 9.47 Å². The number of nitrogens with zero attached hydrogens (tertiary/aromatic N) is 4. The molecule has 0 spiro atoms. The van der Waals surface area contributed by atoms with Gasteiger partial charge in [-0.25, -0.2) is 9.67 Å². The first-order valence-electron chi connectivity index (χ1n) is 8.57. The Morgan fingerprint density at radius 1 is 1.40 bits per heavy atom. The normalized spacial score (nSPS) is 16.1. The first-order valence-corrected chi connectivity index (χ1v) is 8.57. The van der Waals surface area contributed by atoms with Crippen molar-refractivity contribution in [3.05, 3.63) is 35.9 Å². The smallest absolute Gasteiger partial charge is 0.161 e. The number of hydrogen-bond acceptors (Lipinski definition) is 6. The zero-order chi connectivity index (χ0) is 17.5. The van der Waals surface area contributed by atoms with Crippen LogP contribution >= 0.6 is 0 Å². The number of benzene rings is 1. The van der Waals surface area contributed by atoms with Crippen molar-refractivity contribution in [1.82, 2.24) is 20.1 Å². The molecule has 1 aliphatic heterocycles. The lowest BCUT2D eigenvalue weighted by atomic mass is 10.1. The van der Waals surface area contributed by atoms with E-state index in [1.807, 2.05) is 22.9 Å². The predicted molar refractivity (Wildman–Crippen MR) is 92.3 cm³/mol. The van der Waals surface area contributed by atoms with Crippen molar-refractivity contribution in [1.29, 1.82) is 5.26 Å². The number of aryl methyl sites for hydroxylation is 1. The van der Waals surface area contributed by atoms with Gasteiger partial charge in [0.25, 0.3) is 0 Å². The van der Waals surface area contributed by atoms with Crippen LogP contribution in [0.15, 0.2) is 24.5 Å². The van der Waals surface area contributed by atoms with Crippen molar-refractivity contribution in [2.24, 2.45) is 0 Å². The maximum absolute atomic E-state index is 8.60. The summed E-state index contributed by atoms with van der Waals surface area (Å²) >= 11 is 0. The van der Waals surface area contributed by atoms with Gasteiger partial charge in [0.1, 0.15) is 12.2 Å². The number of unbranched alkanes of at least 4 members (excludes halogenated alkanes) is 1. The van der Waals surface area contributed by atoms with E-state index in [1.165, 1.54) is 0 Å². The molecule has 0 saturated heterocycles. The summed E-state index contributed by atoms with van der Waals surface area (Å²) in [4.78, 5) is 4.26. The molecule has 0 radical (unpaired) electrons. The Kier molecular flexibility index (Phi) is 5.86. The highest BCUT2D eigenvalue weighted by atomic mass is 16.5. The van der Waals surface area contributed by atoms with Crippen molar-refractivity contribution >= 4 is 0 Å². The standard InChI is InChI=1S/C18H23N5O2/c1-24-16-6-4-14(10-17(16)25-9-3-2-8-19)11-20-15-5-7-18-21-13-22-23(18)12-15/h4,6,10,13,15,20H,2-3,5,7,9,11-12H2,1H3/t15-/m0/s1. The third-order valence-corrected chi connectivity index (χ3v) is 4.32. The fourth-order valence-corrected chi connectivity index (χ4v) is 2.94. The van der Waals surface area contributed by atoms with Gasteiger partial charge in [-0.1, -0.05) is 6.07 Å². The van der Waals surface area contributed by atoms with Crippen LogP contribution in [-0.2, 0) is 19.5 Å². The second kappa shape index (κ2) is 8.49. The van der Waals surface area contributed by atoms with E-state index < -0.39 is 0 Å². The molecule has 7 nitrogen and oxygen atoms in total. The third kappa shape index (κ3) is 4.48. The Morgan fingerprint density at radius 3 is 3.16 bits per heavy atom. The van der Waals surface area contributed by atoms with Crippen LogP contribution in [0.5, 0.6) is 11.5 Å². The first-order chi connectivity index (χ1) is 12.3. The van der Waals surface area contributed by atoms with Gasteiger partial charge < -0.3 is 14.8 Å². The van der Waals surface area contributed by atoms with Crippen molar-refractivity contribution in [3.8, 4) is 17.6 Å². The Hall–Kier alpha value is -2.59. The average molecular weight is 341 g/mol. The molecular formula is C18H23N5O2. The maximum Gasteiger partial charge on any atom is 0.161 e. The molecule has 132 valence electrons. The van der Waals surface area contributed by atoms with Crippen molar-refractivity contribution in [3.63, 3.8) is 0 Å². The van der Waals surface area contributed by atoms with E-state index in [1.54, 1.807) is 13.4 Å². The summed E-state index contributed by atoms with van der Waals surface area (Å²) in [6.45, 7) is 2.12. The van der Waals surface area contributed by atoms with E-state index in [0.717, 1.165) is 43.1 Å². The van der Waals surface area contributed by atoms with Crippen LogP contribution in [0.2, 0.25) is 0 Å². The fourth-order valence-electron chi connectivity index (χ4n) is 2.94. The van der Waals surface area contributed by atoms with Gasteiger partial charge in [-0.15, -0.1) is 0 Å². The lowest BCUT2D eigenvalue weighted by Gasteiger charge is -2.24. The van der Waals surface area contributed by atoms with Crippen LogP contribution in [0, 0.1) is 11.3 Å². The molecule has 25 heavy (non-hydrogen) atoms. The van der Waals surface area contributed by atoms with Crippen molar-refractivity contribution in [2.75, 3.05) is 13.7 Å². The summed E-state index contributed by atoms with van der Waals surface area (Å²) in [5, 5.41) is 16.4. The lowest BCUT2D eigenvalue weighted by molar-refractivity contribution is 0.290. The lowest BCUT2D eigenvalue weighted by Crippen LogP contribution is -2.37. The SMILES string of the molecule is COc1ccc(CN[C@H]2CCc3ncnn3C2)cc1OCCCC#N. The van der Waals surface area contributed by atoms with Gasteiger partial charge in [0.2, 0.25) is 0 Å². The molecule has 1 aromatic carbocycles. The van der Waals surface area contributed by atoms with Crippen LogP contribution in [0.1, 0.15) is 30.7 Å². The summed E-state index contributed by atoms with van der Waals surface area (Å²) in [6.07, 6.45) is 4.84. The van der Waals surface area contributed by atoms with Gasteiger partial charge in [-0.05, 0) is 30.5 Å². The minimum atomic E-state index is 0.385. The maximum atomic E-state index is 8.60. The molecule has 1 N–H and O–H groups in total. The van der Waals surface area contributed by atoms with Crippen LogP contribution in [0.3, 0.4) is 0 Å². The Labute approximate surface area is 147 Å². The van der Waals surface area contributed by atoms with E-state index in [-0.39, 0.29) is 0 Å². The molecule has 0 amide bonds. The third-order valence-electron chi connectivity index (χ3n) is 4.32. The van der Waals surface area contributed by atoms with Crippen molar-refractivity contribution in [2.45, 2.75) is 44.8 Å². The summed E-state index contributed by atoms with van der Waals surface area (Å²) in [5.74, 6) is 2.50. The molecule has 3 rings (SSSR count). The zero-order valence-corrected chi connectivity index (χ0v) is 14.4. The number of rotatable bonds is 8. The number of nitriles is 1. The van der Waals surface area contributed by atoms with Crippen LogP contribution in [0.25, 0.3) is 0 Å². The molecule has 0 unspecified atom stereocenters. The number of fused-ring (bicyclic) bond motifs is 1. The molecule has 0 fully saturated rings. The van der Waals surface area contributed by atoms with Gasteiger partial charge in [0, 0.05) is 25.4 Å². The minimum Gasteiger partial charge on any atom is -0.493 e. The van der Waals surface area contributed by atoms with Crippen LogP contribution in [-0.4, -0.2) is 34.5 Å². The highest BCUT2D eigenvalue weighted by Crippen LogP contribution is 2.28. The summed E-state index contributed by atoms with van der Waals surface area (Å²) < 4.78 is 13.1. The van der Waals surface area contributed by atoms with Crippen LogP contribution < -0.4 is 14.8 Å². The second-order valence-corrected chi connectivity index (χ2v) is 6.07. The average Bonchev–Trinajstić information content (AvgIpc) is 3.11. The molecule has 1 aromatic heterocycles. The van der Waals surface area contributed by atoms with Gasteiger partial charge in [0.15, 0.2) is 11.5 Å². The molecule has 2 aromatic rings. The van der Waals surface area contributed by atoms with Gasteiger partial charge >= 0.3 is 0 Å². The Morgan fingerprint density at radius 2 is 2.32 bits per heavy atom. The molecule has 0 aliphatic carbocycles. The fraction of sp³-hybridized carbons (Fsp3) is 0.500. The van der Waals surface area contributed by atoms with Crippen LogP contribution in [0.4, 0.5) is 0 Å². The van der Waals surface area contributed by atoms with Gasteiger partial charge in [0.05, 0.1) is 26.3 Å². The number of ether oxygens (including phenoxy) is 2. The molecule has 1 aliphatic rings. The quantitative estimate of drug-likeness (QED) is 0.740. The molecule has 1 atom stereocenters. The Balaban J connectivity index is 1.56. The van der Waals surface area contributed by atoms with E-state index >= 15 is 0 Å². The molecule has 0 bridgehead atoms. The molecule has 2 heterocycles. The Bertz CT molecular complexity index is 737. The van der Waals surface area contributed by atoms with Gasteiger partial charge in [-0.3, -0.25) is 0 Å². The minimum absolute atomic E-state index is 0.385. The topological polar surface area (TPSA) is 85.0 Å². The number of nitrogens with one attached hydrogen (secondary N) is 1. The highest BCUT2D eigenvalue weighted by molar-refractivity contribution is 5.43. The number of methoxy groups -OCH3 is 1. The monoisotopic (exact) mass is 341 g/mol. The van der Waals surface area contributed by atoms with E-state index in [2.05, 4.69) is 21.5 Å². The summed E-state index contributed by atoms with van der Waals surface area (Å²) in [6, 6.07) is 8.47. The van der Waals surface area contributed by atoms with Gasteiger partial charge in [-0.2, -0.15) is 10.4 Å². The van der Waals surface area contributed by atoms with E-state index in [4.69, 9.17) is 14.7 Å². The van der Waals surface area contributed by atoms with E-state index in [9.17, 15) is 0 Å². The first kappa shape index (κ1) is 17.2.